The van der Waals surface area contributed by atoms with E-state index < -0.39 is 6.09 Å². The van der Waals surface area contributed by atoms with E-state index in [-0.39, 0.29) is 5.56 Å². The molecule has 1 fully saturated rings. The average Bonchev–Trinajstić information content (AvgIpc) is 3.44. The fourth-order valence-corrected chi connectivity index (χ4v) is 4.61. The number of fused-ring (bicyclic) bond motifs is 2. The summed E-state index contributed by atoms with van der Waals surface area (Å²) in [4.78, 5) is 40.1. The van der Waals surface area contributed by atoms with Gasteiger partial charge < -0.3 is 15.4 Å². The summed E-state index contributed by atoms with van der Waals surface area (Å²) in [7, 11) is 0. The van der Waals surface area contributed by atoms with E-state index in [9.17, 15) is 9.59 Å². The van der Waals surface area contributed by atoms with Gasteiger partial charge in [-0.2, -0.15) is 4.98 Å². The molecular weight excluding hydrogens is 448 g/mol. The fraction of sp³-hybridized carbons (Fsp3) is 0.292. The van der Waals surface area contributed by atoms with Gasteiger partial charge in [0.1, 0.15) is 17.8 Å². The molecule has 2 aliphatic rings. The Bertz CT molecular complexity index is 1510. The van der Waals surface area contributed by atoms with Crippen molar-refractivity contribution in [2.45, 2.75) is 26.4 Å². The van der Waals surface area contributed by atoms with Gasteiger partial charge in [-0.1, -0.05) is 6.07 Å². The summed E-state index contributed by atoms with van der Waals surface area (Å²) in [6, 6.07) is 9.78. The number of cyclic esters (lactones) is 1. The van der Waals surface area contributed by atoms with E-state index in [2.05, 4.69) is 32.7 Å². The van der Waals surface area contributed by atoms with Gasteiger partial charge in [-0.3, -0.25) is 9.69 Å². The first-order valence-electron chi connectivity index (χ1n) is 11.6. The van der Waals surface area contributed by atoms with Gasteiger partial charge in [0.15, 0.2) is 5.65 Å². The molecule has 0 atom stereocenters. The van der Waals surface area contributed by atoms with E-state index in [0.717, 1.165) is 25.2 Å². The minimum atomic E-state index is -0.436. The van der Waals surface area contributed by atoms with E-state index >= 15 is 0 Å². The van der Waals surface area contributed by atoms with Crippen molar-refractivity contribution in [2.24, 2.45) is 0 Å². The van der Waals surface area contributed by atoms with Gasteiger partial charge in [0.2, 0.25) is 5.95 Å². The van der Waals surface area contributed by atoms with Gasteiger partial charge in [0, 0.05) is 37.2 Å². The lowest BCUT2D eigenvalue weighted by atomic mass is 10.0. The minimum Gasteiger partial charge on any atom is -0.447 e. The first-order chi connectivity index (χ1) is 17.1. The third kappa shape index (κ3) is 3.69. The Hall–Kier alpha value is -4.25. The van der Waals surface area contributed by atoms with E-state index in [1.54, 1.807) is 33.9 Å². The minimum absolute atomic E-state index is 0.187. The number of rotatable bonds is 5. The number of nitrogens with zero attached hydrogens (tertiary/aromatic N) is 6. The number of carbonyl (C=O) groups is 1. The van der Waals surface area contributed by atoms with Gasteiger partial charge in [-0.15, -0.1) is 0 Å². The number of hydrogen-bond donors (Lipinski definition) is 2. The van der Waals surface area contributed by atoms with E-state index in [1.807, 2.05) is 13.0 Å². The second-order valence-electron chi connectivity index (χ2n) is 8.44. The van der Waals surface area contributed by atoms with Crippen molar-refractivity contribution in [2.75, 3.05) is 29.9 Å². The number of anilines is 3. The molecule has 0 spiro atoms. The molecule has 3 aromatic heterocycles. The van der Waals surface area contributed by atoms with Crippen molar-refractivity contribution < 1.29 is 9.53 Å². The Morgan fingerprint density at radius 3 is 2.89 bits per heavy atom. The Labute approximate surface area is 200 Å². The third-order valence-corrected chi connectivity index (χ3v) is 6.34. The molecule has 0 unspecified atom stereocenters. The first-order valence-corrected chi connectivity index (χ1v) is 11.6. The van der Waals surface area contributed by atoms with Crippen LogP contribution in [0.1, 0.15) is 18.1 Å². The Morgan fingerprint density at radius 2 is 2.06 bits per heavy atom. The van der Waals surface area contributed by atoms with Crippen molar-refractivity contribution in [1.29, 1.82) is 0 Å². The predicted molar refractivity (Wildman–Crippen MR) is 130 cm³/mol. The van der Waals surface area contributed by atoms with Crippen LogP contribution in [0.25, 0.3) is 16.7 Å². The summed E-state index contributed by atoms with van der Waals surface area (Å²) in [5.41, 5.74) is 4.42. The molecule has 11 nitrogen and oxygen atoms in total. The van der Waals surface area contributed by atoms with Gasteiger partial charge in [0.25, 0.3) is 5.56 Å². The van der Waals surface area contributed by atoms with Crippen molar-refractivity contribution in [1.82, 2.24) is 29.6 Å². The van der Waals surface area contributed by atoms with Crippen LogP contribution in [0.4, 0.5) is 22.2 Å². The number of benzene rings is 1. The normalized spacial score (nSPS) is 15.3. The molecule has 1 amide bonds. The standard InChI is InChI=1S/C24H24N8O3/c1-2-31-22(33)19-14-27-23(28-17-4-3-15-5-7-25-13-16(15)11-17)29-21(19)32(31)18-6-8-26-20(12-18)30-9-10-35-24(30)34/h3-4,6,8,11-12,14,25H,2,5,7,9-10,13H2,1H3,(H,27,28,29). The van der Waals surface area contributed by atoms with Crippen LogP contribution in [0.2, 0.25) is 0 Å². The van der Waals surface area contributed by atoms with E-state index in [4.69, 9.17) is 9.72 Å². The molecule has 35 heavy (non-hydrogen) atoms. The van der Waals surface area contributed by atoms with Crippen LogP contribution in [0.3, 0.4) is 0 Å². The molecule has 0 saturated carbocycles. The zero-order valence-corrected chi connectivity index (χ0v) is 19.2. The fourth-order valence-electron chi connectivity index (χ4n) is 4.61. The van der Waals surface area contributed by atoms with Crippen LogP contribution in [0, 0.1) is 0 Å². The van der Waals surface area contributed by atoms with Gasteiger partial charge in [-0.05, 0) is 49.2 Å². The lowest BCUT2D eigenvalue weighted by Gasteiger charge is -2.18. The zero-order chi connectivity index (χ0) is 23.9. The first kappa shape index (κ1) is 21.3. The average molecular weight is 473 g/mol. The van der Waals surface area contributed by atoms with Crippen molar-refractivity contribution in [3.05, 3.63) is 64.2 Å². The Morgan fingerprint density at radius 1 is 1.14 bits per heavy atom. The number of carbonyl (C=O) groups excluding carboxylic acids is 1. The lowest BCUT2D eigenvalue weighted by molar-refractivity contribution is 0.181. The quantitative estimate of drug-likeness (QED) is 0.454. The highest BCUT2D eigenvalue weighted by Gasteiger charge is 2.25. The molecule has 0 bridgehead atoms. The second-order valence-corrected chi connectivity index (χ2v) is 8.44. The summed E-state index contributed by atoms with van der Waals surface area (Å²) >= 11 is 0. The van der Waals surface area contributed by atoms with Crippen LogP contribution < -0.4 is 21.1 Å². The molecule has 0 radical (unpaired) electrons. The monoisotopic (exact) mass is 472 g/mol. The van der Waals surface area contributed by atoms with Crippen LogP contribution in [-0.4, -0.2) is 50.1 Å². The zero-order valence-electron chi connectivity index (χ0n) is 19.2. The second kappa shape index (κ2) is 8.51. The lowest BCUT2D eigenvalue weighted by Crippen LogP contribution is -2.25. The molecular formula is C24H24N8O3. The Balaban J connectivity index is 1.42. The van der Waals surface area contributed by atoms with Crippen LogP contribution in [0.5, 0.6) is 0 Å². The smallest absolute Gasteiger partial charge is 0.415 e. The number of aromatic nitrogens is 5. The van der Waals surface area contributed by atoms with Crippen molar-refractivity contribution in [3.63, 3.8) is 0 Å². The highest BCUT2D eigenvalue weighted by molar-refractivity contribution is 5.88. The molecule has 5 heterocycles. The molecule has 178 valence electrons. The SMILES string of the molecule is CCn1c(=O)c2cnc(Nc3ccc4c(c3)CNCC4)nc2n1-c1ccnc(N2CCOC2=O)c1. The summed E-state index contributed by atoms with van der Waals surface area (Å²) in [6.45, 7) is 4.89. The number of hydrogen-bond acceptors (Lipinski definition) is 8. The number of ether oxygens (including phenoxy) is 1. The summed E-state index contributed by atoms with van der Waals surface area (Å²) in [5.74, 6) is 0.845. The molecule has 4 aromatic rings. The van der Waals surface area contributed by atoms with Gasteiger partial charge in [0.05, 0.1) is 12.2 Å². The molecule has 2 N–H and O–H groups in total. The Kier molecular flexibility index (Phi) is 5.18. The van der Waals surface area contributed by atoms with Crippen molar-refractivity contribution in [3.8, 4) is 5.69 Å². The largest absolute Gasteiger partial charge is 0.447 e. The summed E-state index contributed by atoms with van der Waals surface area (Å²) < 4.78 is 8.38. The van der Waals surface area contributed by atoms with Crippen LogP contribution in [-0.2, 0) is 24.2 Å². The van der Waals surface area contributed by atoms with Crippen molar-refractivity contribution >= 4 is 34.6 Å². The van der Waals surface area contributed by atoms with Gasteiger partial charge in [-0.25, -0.2) is 24.1 Å². The number of amides is 1. The molecule has 2 aliphatic heterocycles. The number of nitrogens with one attached hydrogen (secondary N) is 2. The topological polar surface area (TPSA) is 119 Å². The summed E-state index contributed by atoms with van der Waals surface area (Å²) in [5, 5.41) is 7.07. The van der Waals surface area contributed by atoms with E-state index in [1.165, 1.54) is 16.0 Å². The predicted octanol–water partition coefficient (Wildman–Crippen LogP) is 2.34. The maximum atomic E-state index is 13.1. The third-order valence-electron chi connectivity index (χ3n) is 6.34. The highest BCUT2D eigenvalue weighted by atomic mass is 16.6. The molecule has 1 aromatic carbocycles. The molecule has 0 aliphatic carbocycles. The van der Waals surface area contributed by atoms with Crippen LogP contribution >= 0.6 is 0 Å². The number of pyridine rings is 1. The highest BCUT2D eigenvalue weighted by Crippen LogP contribution is 2.24. The van der Waals surface area contributed by atoms with Gasteiger partial charge >= 0.3 is 6.09 Å². The van der Waals surface area contributed by atoms with Crippen LogP contribution in [0.15, 0.2) is 47.5 Å². The maximum Gasteiger partial charge on any atom is 0.415 e. The molecule has 1 saturated heterocycles. The maximum absolute atomic E-state index is 13.1. The van der Waals surface area contributed by atoms with E-state index in [0.29, 0.717) is 48.2 Å². The molecule has 11 heteroatoms. The summed E-state index contributed by atoms with van der Waals surface area (Å²) in [6.07, 6.45) is 3.73. The molecule has 6 rings (SSSR count).